The van der Waals surface area contributed by atoms with E-state index in [0.29, 0.717) is 31.0 Å². The number of fused-ring (bicyclic) bond motifs is 1. The van der Waals surface area contributed by atoms with E-state index in [2.05, 4.69) is 0 Å². The number of anilines is 1. The maximum Gasteiger partial charge on any atom is 0.257 e. The van der Waals surface area contributed by atoms with Gasteiger partial charge in [0, 0.05) is 30.9 Å². The summed E-state index contributed by atoms with van der Waals surface area (Å²) in [4.78, 5) is 28.7. The van der Waals surface area contributed by atoms with E-state index < -0.39 is 0 Å². The standard InChI is InChI=1S/C16H16N2O3S/c1-10-13(2-4-21-10)15(19)17-6-11-7-18(12-3-5-22-9-12)16(20)14(11)8-17/h2-5,9,11,14H,6-8H2,1H3/t11-,14-/m0/s1. The fourth-order valence-electron chi connectivity index (χ4n) is 3.45. The molecule has 2 aromatic rings. The molecule has 22 heavy (non-hydrogen) atoms. The lowest BCUT2D eigenvalue weighted by Gasteiger charge is -2.21. The molecule has 0 unspecified atom stereocenters. The molecule has 2 aliphatic heterocycles. The monoisotopic (exact) mass is 316 g/mol. The molecule has 6 heteroatoms. The minimum atomic E-state index is -0.0731. The van der Waals surface area contributed by atoms with Crippen molar-refractivity contribution in [1.82, 2.24) is 4.90 Å². The van der Waals surface area contributed by atoms with Gasteiger partial charge >= 0.3 is 0 Å². The Labute approximate surface area is 132 Å². The number of amides is 2. The lowest BCUT2D eigenvalue weighted by Crippen LogP contribution is -2.35. The van der Waals surface area contributed by atoms with Gasteiger partial charge in [-0.05, 0) is 24.4 Å². The highest BCUT2D eigenvalue weighted by Crippen LogP contribution is 2.36. The van der Waals surface area contributed by atoms with Gasteiger partial charge in [0.05, 0.1) is 23.4 Å². The van der Waals surface area contributed by atoms with Gasteiger partial charge in [0.25, 0.3) is 5.91 Å². The summed E-state index contributed by atoms with van der Waals surface area (Å²) in [5.41, 5.74) is 1.58. The Kier molecular flexibility index (Phi) is 3.07. The van der Waals surface area contributed by atoms with E-state index in [-0.39, 0.29) is 23.7 Å². The maximum atomic E-state index is 12.6. The first kappa shape index (κ1) is 13.6. The van der Waals surface area contributed by atoms with Crippen LogP contribution < -0.4 is 4.90 Å². The number of hydrogen-bond acceptors (Lipinski definition) is 4. The van der Waals surface area contributed by atoms with Gasteiger partial charge in [-0.1, -0.05) is 0 Å². The lowest BCUT2D eigenvalue weighted by molar-refractivity contribution is -0.120. The average molecular weight is 316 g/mol. The van der Waals surface area contributed by atoms with Gasteiger partial charge in [-0.2, -0.15) is 11.3 Å². The Morgan fingerprint density at radius 3 is 2.82 bits per heavy atom. The molecule has 2 saturated heterocycles. The zero-order valence-electron chi connectivity index (χ0n) is 12.2. The normalized spacial score (nSPS) is 24.1. The van der Waals surface area contributed by atoms with Gasteiger partial charge in [-0.3, -0.25) is 9.59 Å². The zero-order chi connectivity index (χ0) is 15.3. The van der Waals surface area contributed by atoms with Crippen LogP contribution in [-0.2, 0) is 4.79 Å². The molecule has 2 aliphatic rings. The summed E-state index contributed by atoms with van der Waals surface area (Å²) >= 11 is 1.59. The van der Waals surface area contributed by atoms with E-state index in [0.717, 1.165) is 5.69 Å². The van der Waals surface area contributed by atoms with Crippen molar-refractivity contribution in [2.24, 2.45) is 11.8 Å². The molecule has 0 radical (unpaired) electrons. The summed E-state index contributed by atoms with van der Waals surface area (Å²) in [6.07, 6.45) is 1.53. The van der Waals surface area contributed by atoms with Gasteiger partial charge in [0.2, 0.25) is 5.91 Å². The van der Waals surface area contributed by atoms with E-state index in [1.54, 1.807) is 29.2 Å². The second-order valence-corrected chi connectivity index (χ2v) is 6.68. The number of furan rings is 1. The number of rotatable bonds is 2. The topological polar surface area (TPSA) is 53.8 Å². The van der Waals surface area contributed by atoms with Gasteiger partial charge in [-0.15, -0.1) is 0 Å². The number of likely N-dealkylation sites (tertiary alicyclic amines) is 1. The van der Waals surface area contributed by atoms with Crippen LogP contribution in [0.2, 0.25) is 0 Å². The van der Waals surface area contributed by atoms with Crippen LogP contribution in [0.3, 0.4) is 0 Å². The number of thiophene rings is 1. The first-order valence-corrected chi connectivity index (χ1v) is 8.26. The third-order valence-corrected chi connectivity index (χ3v) is 5.31. The van der Waals surface area contributed by atoms with Crippen LogP contribution in [0.25, 0.3) is 0 Å². The third kappa shape index (κ3) is 1.98. The maximum absolute atomic E-state index is 12.6. The molecule has 4 rings (SSSR count). The Hall–Kier alpha value is -2.08. The van der Waals surface area contributed by atoms with Crippen molar-refractivity contribution < 1.29 is 14.0 Å². The van der Waals surface area contributed by atoms with Crippen molar-refractivity contribution in [2.75, 3.05) is 24.5 Å². The molecule has 5 nitrogen and oxygen atoms in total. The van der Waals surface area contributed by atoms with Crippen molar-refractivity contribution in [3.63, 3.8) is 0 Å². The zero-order valence-corrected chi connectivity index (χ0v) is 13.0. The smallest absolute Gasteiger partial charge is 0.257 e. The Morgan fingerprint density at radius 1 is 1.32 bits per heavy atom. The molecule has 2 amide bonds. The molecule has 0 aliphatic carbocycles. The fraction of sp³-hybridized carbons (Fsp3) is 0.375. The van der Waals surface area contributed by atoms with E-state index in [1.807, 2.05) is 21.7 Å². The predicted octanol–water partition coefficient (Wildman–Crippen LogP) is 2.38. The Bertz CT molecular complexity index is 722. The molecular weight excluding hydrogens is 300 g/mol. The van der Waals surface area contributed by atoms with Crippen LogP contribution in [0, 0.1) is 18.8 Å². The fourth-order valence-corrected chi connectivity index (χ4v) is 4.09. The Balaban J connectivity index is 1.50. The van der Waals surface area contributed by atoms with Crippen molar-refractivity contribution in [1.29, 1.82) is 0 Å². The highest BCUT2D eigenvalue weighted by atomic mass is 32.1. The van der Waals surface area contributed by atoms with E-state index in [1.165, 1.54) is 6.26 Å². The second kappa shape index (κ2) is 4.98. The predicted molar refractivity (Wildman–Crippen MR) is 83.0 cm³/mol. The third-order valence-electron chi connectivity index (χ3n) is 4.64. The minimum Gasteiger partial charge on any atom is -0.469 e. The summed E-state index contributed by atoms with van der Waals surface area (Å²) < 4.78 is 5.20. The molecule has 0 spiro atoms. The molecule has 114 valence electrons. The molecule has 0 bridgehead atoms. The largest absolute Gasteiger partial charge is 0.469 e. The van der Waals surface area contributed by atoms with Gasteiger partial charge in [0.1, 0.15) is 5.76 Å². The van der Waals surface area contributed by atoms with Crippen molar-refractivity contribution in [3.8, 4) is 0 Å². The van der Waals surface area contributed by atoms with Gasteiger partial charge in [0.15, 0.2) is 0 Å². The van der Waals surface area contributed by atoms with Gasteiger partial charge in [-0.25, -0.2) is 0 Å². The Morgan fingerprint density at radius 2 is 2.18 bits per heavy atom. The summed E-state index contributed by atoms with van der Waals surface area (Å²) in [5, 5.41) is 3.98. The highest BCUT2D eigenvalue weighted by Gasteiger charge is 2.48. The molecule has 2 atom stereocenters. The molecule has 0 aromatic carbocycles. The number of hydrogen-bond donors (Lipinski definition) is 0. The average Bonchev–Trinajstić information content (AvgIpc) is 3.24. The lowest BCUT2D eigenvalue weighted by atomic mass is 10.0. The molecule has 0 N–H and O–H groups in total. The summed E-state index contributed by atoms with van der Waals surface area (Å²) in [5.74, 6) is 0.894. The first-order valence-electron chi connectivity index (χ1n) is 7.32. The molecule has 0 saturated carbocycles. The van der Waals surface area contributed by atoms with Crippen molar-refractivity contribution in [3.05, 3.63) is 40.5 Å². The van der Waals surface area contributed by atoms with Gasteiger partial charge < -0.3 is 14.2 Å². The number of carbonyl (C=O) groups is 2. The van der Waals surface area contributed by atoms with Crippen LogP contribution >= 0.6 is 11.3 Å². The molecule has 2 fully saturated rings. The number of aryl methyl sites for hydroxylation is 1. The van der Waals surface area contributed by atoms with Crippen LogP contribution in [0.5, 0.6) is 0 Å². The SMILES string of the molecule is Cc1occc1C(=O)N1C[C@H]2CN(c3ccsc3)C(=O)[C@H]2C1. The van der Waals surface area contributed by atoms with Crippen LogP contribution in [0.15, 0.2) is 33.6 Å². The molecule has 2 aromatic heterocycles. The number of nitrogens with zero attached hydrogens (tertiary/aromatic N) is 2. The molecular formula is C16H16N2O3S. The summed E-state index contributed by atoms with van der Waals surface area (Å²) in [7, 11) is 0. The van der Waals surface area contributed by atoms with Crippen molar-refractivity contribution in [2.45, 2.75) is 6.92 Å². The summed E-state index contributed by atoms with van der Waals surface area (Å²) in [6.45, 7) is 3.63. The van der Waals surface area contributed by atoms with E-state index >= 15 is 0 Å². The van der Waals surface area contributed by atoms with Crippen LogP contribution in [-0.4, -0.2) is 36.3 Å². The van der Waals surface area contributed by atoms with E-state index in [4.69, 9.17) is 4.42 Å². The van der Waals surface area contributed by atoms with Crippen LogP contribution in [0.4, 0.5) is 5.69 Å². The van der Waals surface area contributed by atoms with Crippen LogP contribution in [0.1, 0.15) is 16.1 Å². The number of carbonyl (C=O) groups excluding carboxylic acids is 2. The van der Waals surface area contributed by atoms with E-state index in [9.17, 15) is 9.59 Å². The summed E-state index contributed by atoms with van der Waals surface area (Å²) in [6, 6.07) is 3.67. The minimum absolute atomic E-state index is 0.0319. The molecule has 4 heterocycles. The van der Waals surface area contributed by atoms with Crippen molar-refractivity contribution >= 4 is 28.8 Å². The highest BCUT2D eigenvalue weighted by molar-refractivity contribution is 7.08. The first-order chi connectivity index (χ1) is 10.6. The second-order valence-electron chi connectivity index (χ2n) is 5.90. The quantitative estimate of drug-likeness (QED) is 0.855.